The zero-order valence-electron chi connectivity index (χ0n) is 15.3. The monoisotopic (exact) mass is 427 g/mol. The molecule has 1 saturated heterocycles. The van der Waals surface area contributed by atoms with Crippen LogP contribution in [0.15, 0.2) is 29.6 Å². The Morgan fingerprint density at radius 2 is 2.07 bits per heavy atom. The number of amides is 1. The van der Waals surface area contributed by atoms with Crippen molar-refractivity contribution in [2.24, 2.45) is 0 Å². The van der Waals surface area contributed by atoms with Crippen molar-refractivity contribution in [1.82, 2.24) is 4.90 Å². The lowest BCUT2D eigenvalue weighted by atomic mass is 10.2. The normalized spacial score (nSPS) is 18.4. The molecule has 2 aromatic rings. The average Bonchev–Trinajstić information content (AvgIpc) is 3.18. The minimum Gasteiger partial charge on any atom is -0.484 e. The molecule has 2 heterocycles. The summed E-state index contributed by atoms with van der Waals surface area (Å²) < 4.78 is 29.5. The number of hydrogen-bond acceptors (Lipinski definition) is 5. The maximum Gasteiger partial charge on any atom is 0.261 e. The molecular formula is C19H22ClNO4S2. The quantitative estimate of drug-likeness (QED) is 0.706. The van der Waals surface area contributed by atoms with Gasteiger partial charge in [-0.2, -0.15) is 0 Å². The second-order valence-electron chi connectivity index (χ2n) is 6.80. The van der Waals surface area contributed by atoms with Crippen LogP contribution in [0.2, 0.25) is 5.02 Å². The third kappa shape index (κ3) is 5.03. The zero-order valence-corrected chi connectivity index (χ0v) is 17.7. The molecule has 0 unspecified atom stereocenters. The molecular weight excluding hydrogens is 406 g/mol. The van der Waals surface area contributed by atoms with Crippen LogP contribution in [0.1, 0.15) is 22.4 Å². The van der Waals surface area contributed by atoms with Crippen LogP contribution in [-0.2, 0) is 21.2 Å². The second kappa shape index (κ2) is 8.20. The fourth-order valence-electron chi connectivity index (χ4n) is 3.10. The molecule has 0 bridgehead atoms. The molecule has 5 nitrogen and oxygen atoms in total. The molecule has 1 aliphatic heterocycles. The van der Waals surface area contributed by atoms with Gasteiger partial charge in [-0.3, -0.25) is 4.79 Å². The third-order valence-corrected chi connectivity index (χ3v) is 7.93. The first-order chi connectivity index (χ1) is 12.7. The van der Waals surface area contributed by atoms with Gasteiger partial charge in [-0.15, -0.1) is 11.3 Å². The van der Waals surface area contributed by atoms with E-state index in [2.05, 4.69) is 0 Å². The standard InChI is InChI=1S/C19H22ClNO4S2/c1-13-5-7-26-18(13)10-21(15-6-8-27(23,24)12-15)19(22)11-25-16-3-4-17(20)14(2)9-16/h3-5,7,9,15H,6,8,10-12H2,1-2H3/t15-/m0/s1. The Labute approximate surface area is 168 Å². The molecule has 0 saturated carbocycles. The molecule has 0 spiro atoms. The number of aryl methyl sites for hydroxylation is 2. The van der Waals surface area contributed by atoms with Crippen LogP contribution >= 0.6 is 22.9 Å². The number of rotatable bonds is 6. The van der Waals surface area contributed by atoms with Gasteiger partial charge in [0.1, 0.15) is 5.75 Å². The van der Waals surface area contributed by atoms with Crippen molar-refractivity contribution in [2.75, 3.05) is 18.1 Å². The van der Waals surface area contributed by atoms with Crippen molar-refractivity contribution in [2.45, 2.75) is 32.9 Å². The van der Waals surface area contributed by atoms with E-state index < -0.39 is 9.84 Å². The number of ether oxygens (including phenoxy) is 1. The highest BCUT2D eigenvalue weighted by molar-refractivity contribution is 7.91. The van der Waals surface area contributed by atoms with Gasteiger partial charge in [0, 0.05) is 15.9 Å². The molecule has 0 radical (unpaired) electrons. The molecule has 8 heteroatoms. The molecule has 0 N–H and O–H groups in total. The number of carbonyl (C=O) groups is 1. The van der Waals surface area contributed by atoms with Gasteiger partial charge in [-0.05, 0) is 61.0 Å². The van der Waals surface area contributed by atoms with Gasteiger partial charge in [0.25, 0.3) is 5.91 Å². The zero-order chi connectivity index (χ0) is 19.6. The largest absolute Gasteiger partial charge is 0.484 e. The number of carbonyl (C=O) groups excluding carboxylic acids is 1. The highest BCUT2D eigenvalue weighted by Crippen LogP contribution is 2.25. The van der Waals surface area contributed by atoms with Gasteiger partial charge >= 0.3 is 0 Å². The maximum absolute atomic E-state index is 12.9. The summed E-state index contributed by atoms with van der Waals surface area (Å²) in [4.78, 5) is 15.6. The fourth-order valence-corrected chi connectivity index (χ4v) is 5.85. The fraction of sp³-hybridized carbons (Fsp3) is 0.421. The summed E-state index contributed by atoms with van der Waals surface area (Å²) in [5.74, 6) is 0.500. The number of halogens is 1. The summed E-state index contributed by atoms with van der Waals surface area (Å²) in [5.41, 5.74) is 1.97. The van der Waals surface area contributed by atoms with Crippen LogP contribution in [0.4, 0.5) is 0 Å². The van der Waals surface area contributed by atoms with E-state index in [9.17, 15) is 13.2 Å². The summed E-state index contributed by atoms with van der Waals surface area (Å²) in [6.07, 6.45) is 0.471. The van der Waals surface area contributed by atoms with Crippen LogP contribution in [0.25, 0.3) is 0 Å². The van der Waals surface area contributed by atoms with Gasteiger partial charge in [-0.25, -0.2) is 8.42 Å². The predicted molar refractivity (Wildman–Crippen MR) is 108 cm³/mol. The Kier molecular flexibility index (Phi) is 6.13. The van der Waals surface area contributed by atoms with Crippen LogP contribution in [0.5, 0.6) is 5.75 Å². The smallest absolute Gasteiger partial charge is 0.261 e. The minimum atomic E-state index is -3.09. The molecule has 3 rings (SSSR count). The van der Waals surface area contributed by atoms with E-state index in [0.717, 1.165) is 16.0 Å². The minimum absolute atomic E-state index is 0.0171. The van der Waals surface area contributed by atoms with E-state index in [-0.39, 0.29) is 30.1 Å². The number of sulfone groups is 1. The van der Waals surface area contributed by atoms with Crippen LogP contribution in [0.3, 0.4) is 0 Å². The third-order valence-electron chi connectivity index (χ3n) is 4.74. The second-order valence-corrected chi connectivity index (χ2v) is 10.4. The summed E-state index contributed by atoms with van der Waals surface area (Å²) in [7, 11) is -3.09. The van der Waals surface area contributed by atoms with Gasteiger partial charge in [0.2, 0.25) is 0 Å². The molecule has 1 fully saturated rings. The topological polar surface area (TPSA) is 63.7 Å². The number of hydrogen-bond donors (Lipinski definition) is 0. The molecule has 1 atom stereocenters. The maximum atomic E-state index is 12.9. The summed E-state index contributed by atoms with van der Waals surface area (Å²) >= 11 is 7.59. The van der Waals surface area contributed by atoms with E-state index in [0.29, 0.717) is 23.7 Å². The number of thiophene rings is 1. The number of benzene rings is 1. The highest BCUT2D eigenvalue weighted by Gasteiger charge is 2.35. The molecule has 146 valence electrons. The lowest BCUT2D eigenvalue weighted by Crippen LogP contribution is -2.43. The van der Waals surface area contributed by atoms with E-state index >= 15 is 0 Å². The molecule has 27 heavy (non-hydrogen) atoms. The van der Waals surface area contributed by atoms with Gasteiger partial charge in [0.15, 0.2) is 16.4 Å². The van der Waals surface area contributed by atoms with E-state index in [1.807, 2.05) is 25.3 Å². The lowest BCUT2D eigenvalue weighted by Gasteiger charge is -2.28. The van der Waals surface area contributed by atoms with Crippen molar-refractivity contribution in [3.05, 3.63) is 50.7 Å². The van der Waals surface area contributed by atoms with E-state index in [4.69, 9.17) is 16.3 Å². The predicted octanol–water partition coefficient (Wildman–Crippen LogP) is 3.61. The summed E-state index contributed by atoms with van der Waals surface area (Å²) in [5, 5.41) is 2.62. The molecule has 0 aliphatic carbocycles. The van der Waals surface area contributed by atoms with Crippen molar-refractivity contribution < 1.29 is 17.9 Å². The first-order valence-corrected chi connectivity index (χ1v) is 11.7. The van der Waals surface area contributed by atoms with Crippen LogP contribution in [0, 0.1) is 13.8 Å². The Balaban J connectivity index is 1.73. The Morgan fingerprint density at radius 1 is 1.30 bits per heavy atom. The summed E-state index contributed by atoms with van der Waals surface area (Å²) in [6.45, 7) is 4.13. The molecule has 1 amide bonds. The first-order valence-electron chi connectivity index (χ1n) is 8.67. The molecule has 1 aliphatic rings. The Morgan fingerprint density at radius 3 is 2.67 bits per heavy atom. The highest BCUT2D eigenvalue weighted by atomic mass is 35.5. The van der Waals surface area contributed by atoms with Crippen molar-refractivity contribution in [1.29, 1.82) is 0 Å². The van der Waals surface area contributed by atoms with Crippen LogP contribution in [-0.4, -0.2) is 43.4 Å². The Bertz CT molecular complexity index is 939. The number of nitrogens with zero attached hydrogens (tertiary/aromatic N) is 1. The van der Waals surface area contributed by atoms with Crippen molar-refractivity contribution >= 4 is 38.7 Å². The first kappa shape index (κ1) is 20.2. The average molecular weight is 428 g/mol. The lowest BCUT2D eigenvalue weighted by molar-refractivity contribution is -0.135. The molecule has 1 aromatic carbocycles. The SMILES string of the molecule is Cc1cc(OCC(=O)N(Cc2sccc2C)[C@H]2CCS(=O)(=O)C2)ccc1Cl. The van der Waals surface area contributed by atoms with Gasteiger partial charge in [0.05, 0.1) is 18.1 Å². The van der Waals surface area contributed by atoms with Gasteiger partial charge in [-0.1, -0.05) is 11.6 Å². The van der Waals surface area contributed by atoms with E-state index in [1.165, 1.54) is 0 Å². The van der Waals surface area contributed by atoms with Gasteiger partial charge < -0.3 is 9.64 Å². The summed E-state index contributed by atoms with van der Waals surface area (Å²) in [6, 6.07) is 6.92. The molecule has 1 aromatic heterocycles. The van der Waals surface area contributed by atoms with Crippen LogP contribution < -0.4 is 4.74 Å². The van der Waals surface area contributed by atoms with E-state index in [1.54, 1.807) is 34.4 Å². The Hall–Kier alpha value is -1.57. The van der Waals surface area contributed by atoms with Crippen molar-refractivity contribution in [3.63, 3.8) is 0 Å². The van der Waals surface area contributed by atoms with Crippen molar-refractivity contribution in [3.8, 4) is 5.75 Å².